The molecule has 1 fully saturated rings. The van der Waals surface area contributed by atoms with Crippen molar-refractivity contribution >= 4 is 6.09 Å². The topological polar surface area (TPSA) is 49.8 Å². The van der Waals surface area contributed by atoms with E-state index in [2.05, 4.69) is 0 Å². The van der Waals surface area contributed by atoms with Crippen LogP contribution in [-0.4, -0.2) is 22.1 Å². The van der Waals surface area contributed by atoms with Gasteiger partial charge in [0.05, 0.1) is 18.2 Å². The Labute approximate surface area is 213 Å². The zero-order valence-electron chi connectivity index (χ0n) is 21.3. The van der Waals surface area contributed by atoms with Crippen molar-refractivity contribution in [3.63, 3.8) is 0 Å². The second kappa shape index (κ2) is 9.72. The van der Waals surface area contributed by atoms with Gasteiger partial charge < -0.3 is 9.84 Å². The summed E-state index contributed by atoms with van der Waals surface area (Å²) in [6, 6.07) is 11.4. The molecule has 196 valence electrons. The lowest BCUT2D eigenvalue weighted by Crippen LogP contribution is -2.31. The smallest absolute Gasteiger partial charge is 0.416 e. The Morgan fingerprint density at radius 3 is 2.35 bits per heavy atom. The third-order valence-corrected chi connectivity index (χ3v) is 6.78. The summed E-state index contributed by atoms with van der Waals surface area (Å²) in [7, 11) is 0. The van der Waals surface area contributed by atoms with Gasteiger partial charge in [-0.2, -0.15) is 13.2 Å². The van der Waals surface area contributed by atoms with Gasteiger partial charge in [0, 0.05) is 11.6 Å². The molecule has 4 nitrogen and oxygen atoms in total. The normalized spacial score (nSPS) is 18.0. The van der Waals surface area contributed by atoms with Gasteiger partial charge in [-0.05, 0) is 67.1 Å². The summed E-state index contributed by atoms with van der Waals surface area (Å²) in [6.07, 6.45) is -6.05. The van der Waals surface area contributed by atoms with Crippen molar-refractivity contribution in [2.24, 2.45) is 0 Å². The highest BCUT2D eigenvalue weighted by Crippen LogP contribution is 2.40. The Morgan fingerprint density at radius 1 is 1.00 bits per heavy atom. The van der Waals surface area contributed by atoms with Crippen LogP contribution >= 0.6 is 0 Å². The number of cyclic esters (lactones) is 1. The lowest BCUT2D eigenvalue weighted by molar-refractivity contribution is -0.137. The van der Waals surface area contributed by atoms with Gasteiger partial charge >= 0.3 is 12.3 Å². The van der Waals surface area contributed by atoms with Crippen molar-refractivity contribution in [2.45, 2.75) is 65.4 Å². The maximum absolute atomic E-state index is 14.4. The van der Waals surface area contributed by atoms with Crippen molar-refractivity contribution < 1.29 is 32.2 Å². The van der Waals surface area contributed by atoms with E-state index in [9.17, 15) is 27.5 Å². The summed E-state index contributed by atoms with van der Waals surface area (Å²) in [5, 5.41) is 10.6. The minimum Gasteiger partial charge on any atom is -0.507 e. The van der Waals surface area contributed by atoms with Crippen LogP contribution in [-0.2, 0) is 17.5 Å². The molecule has 1 amide bonds. The van der Waals surface area contributed by atoms with Crippen LogP contribution in [0, 0.1) is 19.7 Å². The van der Waals surface area contributed by atoms with E-state index >= 15 is 0 Å². The number of aryl methyl sites for hydroxylation is 2. The van der Waals surface area contributed by atoms with Crippen molar-refractivity contribution in [1.82, 2.24) is 4.90 Å². The molecule has 3 aromatic rings. The van der Waals surface area contributed by atoms with Gasteiger partial charge in [-0.25, -0.2) is 9.18 Å². The first-order valence-corrected chi connectivity index (χ1v) is 12.0. The van der Waals surface area contributed by atoms with Crippen LogP contribution in [0.1, 0.15) is 66.2 Å². The minimum atomic E-state index is -4.52. The van der Waals surface area contributed by atoms with Gasteiger partial charge in [-0.3, -0.25) is 4.90 Å². The molecule has 0 aromatic heterocycles. The van der Waals surface area contributed by atoms with E-state index in [0.717, 1.165) is 23.8 Å². The van der Waals surface area contributed by atoms with Crippen molar-refractivity contribution in [3.05, 3.63) is 87.7 Å². The third kappa shape index (κ3) is 5.29. The van der Waals surface area contributed by atoms with Crippen LogP contribution in [0.5, 0.6) is 5.75 Å². The highest BCUT2D eigenvalue weighted by molar-refractivity contribution is 5.76. The molecule has 1 N–H and O–H groups in total. The number of hydrogen-bond donors (Lipinski definition) is 1. The Hall–Kier alpha value is -3.55. The molecule has 37 heavy (non-hydrogen) atoms. The zero-order chi connectivity index (χ0) is 27.2. The largest absolute Gasteiger partial charge is 0.507 e. The molecular weight excluding hydrogens is 486 g/mol. The van der Waals surface area contributed by atoms with Crippen LogP contribution in [0.25, 0.3) is 11.1 Å². The van der Waals surface area contributed by atoms with Gasteiger partial charge in [0.15, 0.2) is 0 Å². The molecule has 3 aromatic carbocycles. The van der Waals surface area contributed by atoms with Crippen molar-refractivity contribution in [1.29, 1.82) is 0 Å². The maximum Gasteiger partial charge on any atom is 0.416 e. The van der Waals surface area contributed by atoms with Crippen LogP contribution < -0.4 is 0 Å². The number of phenols is 1. The third-order valence-electron chi connectivity index (χ3n) is 6.78. The van der Waals surface area contributed by atoms with E-state index in [1.807, 2.05) is 32.9 Å². The molecule has 0 radical (unpaired) electrons. The van der Waals surface area contributed by atoms with Crippen LogP contribution in [0.3, 0.4) is 0 Å². The number of nitrogens with zero attached hydrogens (tertiary/aromatic N) is 1. The molecule has 1 heterocycles. The lowest BCUT2D eigenvalue weighted by Gasteiger charge is -2.24. The second-order valence-corrected chi connectivity index (χ2v) is 10.0. The van der Waals surface area contributed by atoms with Crippen molar-refractivity contribution in [3.8, 4) is 16.9 Å². The minimum absolute atomic E-state index is 0.0965. The molecule has 1 aliphatic heterocycles. The molecule has 0 unspecified atom stereocenters. The van der Waals surface area contributed by atoms with Gasteiger partial charge in [-0.1, -0.05) is 49.2 Å². The molecule has 0 spiro atoms. The fourth-order valence-electron chi connectivity index (χ4n) is 4.84. The Morgan fingerprint density at radius 2 is 1.70 bits per heavy atom. The van der Waals surface area contributed by atoms with Crippen molar-refractivity contribution in [2.75, 3.05) is 0 Å². The van der Waals surface area contributed by atoms with Crippen LogP contribution in [0.15, 0.2) is 48.5 Å². The molecular formula is C29H29F4NO3. The number of hydrogen-bond acceptors (Lipinski definition) is 3. The second-order valence-electron chi connectivity index (χ2n) is 10.0. The van der Waals surface area contributed by atoms with Gasteiger partial charge in [0.2, 0.25) is 0 Å². The maximum atomic E-state index is 14.4. The Kier molecular flexibility index (Phi) is 6.97. The van der Waals surface area contributed by atoms with E-state index in [4.69, 9.17) is 4.74 Å². The fourth-order valence-corrected chi connectivity index (χ4v) is 4.84. The first-order chi connectivity index (χ1) is 17.3. The number of benzene rings is 3. The van der Waals surface area contributed by atoms with E-state index in [1.165, 1.54) is 4.90 Å². The number of carbonyl (C=O) groups is 1. The number of aromatic hydroxyl groups is 1. The molecule has 0 aliphatic carbocycles. The summed E-state index contributed by atoms with van der Waals surface area (Å²) in [4.78, 5) is 14.4. The summed E-state index contributed by atoms with van der Waals surface area (Å²) in [5.74, 6) is -0.833. The summed E-state index contributed by atoms with van der Waals surface area (Å²) in [5.41, 5.74) is 3.02. The van der Waals surface area contributed by atoms with E-state index in [1.54, 1.807) is 32.0 Å². The first kappa shape index (κ1) is 26.5. The number of phenolic OH excluding ortho intramolecular Hbond substituents is 1. The Bertz CT molecular complexity index is 1350. The quantitative estimate of drug-likeness (QED) is 0.350. The summed E-state index contributed by atoms with van der Waals surface area (Å²) in [6.45, 7) is 8.99. The van der Waals surface area contributed by atoms with E-state index in [-0.39, 0.29) is 23.8 Å². The molecule has 0 bridgehead atoms. The molecule has 0 saturated carbocycles. The zero-order valence-corrected chi connectivity index (χ0v) is 21.3. The van der Waals surface area contributed by atoms with Gasteiger partial charge in [0.25, 0.3) is 0 Å². The molecule has 4 rings (SSSR count). The number of rotatable bonds is 5. The summed E-state index contributed by atoms with van der Waals surface area (Å²) < 4.78 is 60.2. The predicted molar refractivity (Wildman–Crippen MR) is 133 cm³/mol. The molecule has 8 heteroatoms. The molecule has 1 saturated heterocycles. The Balaban J connectivity index is 1.71. The number of alkyl halides is 3. The van der Waals surface area contributed by atoms with Crippen LogP contribution in [0.4, 0.5) is 22.4 Å². The average molecular weight is 516 g/mol. The number of ether oxygens (including phenoxy) is 1. The standard InChI is InChI=1S/C29H29F4NO3/c1-15(2)23-12-24(26(35)13-25(23)30)22-7-6-16(3)8-20(22)14-34-18(5)27(37-28(34)36)19-9-17(4)10-21(11-19)29(31,32)33/h6-13,15,18,27,35H,14H2,1-5H3/t18-,27+/m0/s1. The first-order valence-electron chi connectivity index (χ1n) is 12.0. The predicted octanol–water partition coefficient (Wildman–Crippen LogP) is 8.04. The van der Waals surface area contributed by atoms with Gasteiger partial charge in [-0.15, -0.1) is 0 Å². The average Bonchev–Trinajstić information content (AvgIpc) is 3.07. The monoisotopic (exact) mass is 515 g/mol. The highest BCUT2D eigenvalue weighted by atomic mass is 19.4. The number of halogens is 4. The van der Waals surface area contributed by atoms with E-state index in [0.29, 0.717) is 27.8 Å². The summed E-state index contributed by atoms with van der Waals surface area (Å²) >= 11 is 0. The number of carbonyl (C=O) groups excluding carboxylic acids is 1. The fraction of sp³-hybridized carbons (Fsp3) is 0.345. The molecule has 2 atom stereocenters. The highest BCUT2D eigenvalue weighted by Gasteiger charge is 2.41. The number of amides is 1. The van der Waals surface area contributed by atoms with Crippen LogP contribution in [0.2, 0.25) is 0 Å². The lowest BCUT2D eigenvalue weighted by atomic mass is 9.92. The van der Waals surface area contributed by atoms with E-state index < -0.39 is 35.8 Å². The molecule has 1 aliphatic rings. The van der Waals surface area contributed by atoms with Gasteiger partial charge in [0.1, 0.15) is 17.7 Å². The SMILES string of the molecule is Cc1cc([C@@H]2OC(=O)N(Cc3cc(C)ccc3-c3cc(C(C)C)c(F)cc3O)[C@H]2C)cc(C(F)(F)F)c1.